The molecule has 0 radical (unpaired) electrons. The monoisotopic (exact) mass is 216 g/mol. The van der Waals surface area contributed by atoms with Crippen LogP contribution in [0, 0.1) is 5.82 Å². The third-order valence-corrected chi connectivity index (χ3v) is 2.65. The molecule has 0 saturated heterocycles. The number of nitrogens with two attached hydrogens (primary N) is 1. The van der Waals surface area contributed by atoms with Gasteiger partial charge in [-0.3, -0.25) is 0 Å². The fourth-order valence-corrected chi connectivity index (χ4v) is 1.91. The second-order valence-corrected chi connectivity index (χ2v) is 3.62. The first kappa shape index (κ1) is 10.6. The van der Waals surface area contributed by atoms with E-state index in [0.717, 1.165) is 17.4 Å². The van der Waals surface area contributed by atoms with Gasteiger partial charge in [0.1, 0.15) is 11.6 Å². The highest BCUT2D eigenvalue weighted by atomic mass is 19.1. The summed E-state index contributed by atoms with van der Waals surface area (Å²) in [5.74, 6) is 0.190. The van der Waals surface area contributed by atoms with Gasteiger partial charge >= 0.3 is 0 Å². The number of fused-ring (bicyclic) bond motifs is 1. The van der Waals surface area contributed by atoms with Gasteiger partial charge in [0.05, 0.1) is 5.52 Å². The smallest absolute Gasteiger partial charge is 0.131 e. The summed E-state index contributed by atoms with van der Waals surface area (Å²) in [7, 11) is 0. The molecular weight excluding hydrogens is 203 g/mol. The molecule has 0 bridgehead atoms. The zero-order valence-electron chi connectivity index (χ0n) is 9.13. The first-order valence-corrected chi connectivity index (χ1v) is 5.17. The van der Waals surface area contributed by atoms with Crippen LogP contribution in [0.5, 0.6) is 0 Å². The molecule has 2 aromatic rings. The number of hydrogen-bond donors (Lipinski definition) is 1. The van der Waals surface area contributed by atoms with Gasteiger partial charge in [-0.15, -0.1) is 0 Å². The molecular formula is C13H13FN2. The number of nitrogens with zero attached hydrogens (tertiary/aromatic N) is 1. The minimum absolute atomic E-state index is 0.274. The topological polar surface area (TPSA) is 38.9 Å². The van der Waals surface area contributed by atoms with E-state index >= 15 is 0 Å². The number of anilines is 1. The lowest BCUT2D eigenvalue weighted by Gasteiger charge is -2.09. The zero-order valence-corrected chi connectivity index (χ0v) is 9.13. The second-order valence-electron chi connectivity index (χ2n) is 3.62. The maximum absolute atomic E-state index is 13.6. The maximum atomic E-state index is 13.6. The van der Waals surface area contributed by atoms with Gasteiger partial charge in [0.25, 0.3) is 0 Å². The number of hydrogen-bond acceptors (Lipinski definition) is 2. The van der Waals surface area contributed by atoms with Crippen molar-refractivity contribution in [3.8, 4) is 0 Å². The molecule has 16 heavy (non-hydrogen) atoms. The van der Waals surface area contributed by atoms with Crippen molar-refractivity contribution in [3.05, 3.63) is 41.7 Å². The van der Waals surface area contributed by atoms with Gasteiger partial charge in [0.15, 0.2) is 0 Å². The van der Waals surface area contributed by atoms with Crippen LogP contribution in [0.2, 0.25) is 0 Å². The third kappa shape index (κ3) is 1.54. The SMILES string of the molecule is C=Cc1c(F)ccc2nc(N)cc(CC)c12. The lowest BCUT2D eigenvalue weighted by Crippen LogP contribution is -1.97. The van der Waals surface area contributed by atoms with Gasteiger partial charge < -0.3 is 5.73 Å². The van der Waals surface area contributed by atoms with Crippen molar-refractivity contribution >= 4 is 22.8 Å². The van der Waals surface area contributed by atoms with E-state index in [1.165, 1.54) is 12.1 Å². The molecule has 2 nitrogen and oxygen atoms in total. The summed E-state index contributed by atoms with van der Waals surface area (Å²) in [5, 5.41) is 0.812. The average Bonchev–Trinajstić information content (AvgIpc) is 2.28. The van der Waals surface area contributed by atoms with E-state index in [0.29, 0.717) is 16.9 Å². The van der Waals surface area contributed by atoms with E-state index in [9.17, 15) is 4.39 Å². The highest BCUT2D eigenvalue weighted by molar-refractivity contribution is 5.91. The molecule has 1 heterocycles. The molecule has 0 fully saturated rings. The van der Waals surface area contributed by atoms with Crippen LogP contribution in [0.15, 0.2) is 24.8 Å². The molecule has 2 N–H and O–H groups in total. The Labute approximate surface area is 93.6 Å². The number of aryl methyl sites for hydroxylation is 1. The fraction of sp³-hybridized carbons (Fsp3) is 0.154. The Bertz CT molecular complexity index is 561. The molecule has 0 aliphatic rings. The summed E-state index contributed by atoms with van der Waals surface area (Å²) in [5.41, 5.74) is 7.91. The molecule has 0 aliphatic heterocycles. The van der Waals surface area contributed by atoms with Crippen molar-refractivity contribution in [2.75, 3.05) is 5.73 Å². The summed E-state index contributed by atoms with van der Waals surface area (Å²) in [6.45, 7) is 5.65. The number of halogens is 1. The minimum Gasteiger partial charge on any atom is -0.384 e. The van der Waals surface area contributed by atoms with Crippen LogP contribution >= 0.6 is 0 Å². The quantitative estimate of drug-likeness (QED) is 0.837. The Morgan fingerprint density at radius 1 is 1.50 bits per heavy atom. The number of pyridine rings is 1. The van der Waals surface area contributed by atoms with Crippen LogP contribution < -0.4 is 5.73 Å². The van der Waals surface area contributed by atoms with Crippen molar-refractivity contribution in [2.45, 2.75) is 13.3 Å². The minimum atomic E-state index is -0.274. The van der Waals surface area contributed by atoms with Crippen LogP contribution in [0.4, 0.5) is 10.2 Å². The summed E-state index contributed by atoms with van der Waals surface area (Å²) in [4.78, 5) is 4.20. The largest absolute Gasteiger partial charge is 0.384 e. The lowest BCUT2D eigenvalue weighted by molar-refractivity contribution is 0.627. The van der Waals surface area contributed by atoms with E-state index in [1.807, 2.05) is 6.92 Å². The highest BCUT2D eigenvalue weighted by Gasteiger charge is 2.10. The zero-order chi connectivity index (χ0) is 11.7. The summed E-state index contributed by atoms with van der Waals surface area (Å²) in [6, 6.07) is 4.83. The van der Waals surface area contributed by atoms with Crippen LogP contribution in [0.3, 0.4) is 0 Å². The lowest BCUT2D eigenvalue weighted by atomic mass is 10.0. The first-order valence-electron chi connectivity index (χ1n) is 5.17. The Kier molecular flexibility index (Phi) is 2.60. The number of nitrogen functional groups attached to an aromatic ring is 1. The van der Waals surface area contributed by atoms with Crippen LogP contribution in [0.25, 0.3) is 17.0 Å². The van der Waals surface area contributed by atoms with Gasteiger partial charge in [0, 0.05) is 10.9 Å². The Balaban J connectivity index is 2.95. The number of benzene rings is 1. The Morgan fingerprint density at radius 3 is 2.88 bits per heavy atom. The van der Waals surface area contributed by atoms with Gasteiger partial charge in [-0.1, -0.05) is 19.6 Å². The van der Waals surface area contributed by atoms with Crippen LogP contribution in [-0.4, -0.2) is 4.98 Å². The number of aromatic nitrogens is 1. The highest BCUT2D eigenvalue weighted by Crippen LogP contribution is 2.26. The van der Waals surface area contributed by atoms with E-state index in [-0.39, 0.29) is 5.82 Å². The molecule has 82 valence electrons. The van der Waals surface area contributed by atoms with Crippen molar-refractivity contribution in [1.82, 2.24) is 4.98 Å². The molecule has 3 heteroatoms. The second kappa shape index (κ2) is 3.93. The average molecular weight is 216 g/mol. The molecule has 1 aromatic carbocycles. The van der Waals surface area contributed by atoms with Crippen molar-refractivity contribution in [1.29, 1.82) is 0 Å². The molecule has 0 amide bonds. The van der Waals surface area contributed by atoms with E-state index < -0.39 is 0 Å². The van der Waals surface area contributed by atoms with Crippen molar-refractivity contribution < 1.29 is 4.39 Å². The molecule has 0 unspecified atom stereocenters. The van der Waals surface area contributed by atoms with E-state index in [1.54, 1.807) is 12.1 Å². The molecule has 0 atom stereocenters. The molecule has 0 spiro atoms. The van der Waals surface area contributed by atoms with Crippen molar-refractivity contribution in [2.24, 2.45) is 0 Å². The number of rotatable bonds is 2. The van der Waals surface area contributed by atoms with Gasteiger partial charge in [0.2, 0.25) is 0 Å². The van der Waals surface area contributed by atoms with Crippen molar-refractivity contribution in [3.63, 3.8) is 0 Å². The van der Waals surface area contributed by atoms with E-state index in [2.05, 4.69) is 11.6 Å². The van der Waals surface area contributed by atoms with Crippen LogP contribution in [0.1, 0.15) is 18.1 Å². The molecule has 0 aliphatic carbocycles. The standard InChI is InChI=1S/C13H13FN2/c1-3-8-7-12(15)16-11-6-5-10(14)9(4-2)13(8)11/h4-7H,2-3H2,1H3,(H2,15,16). The van der Waals surface area contributed by atoms with Gasteiger partial charge in [-0.25, -0.2) is 9.37 Å². The Hall–Kier alpha value is -1.90. The third-order valence-electron chi connectivity index (χ3n) is 2.65. The van der Waals surface area contributed by atoms with Gasteiger partial charge in [-0.2, -0.15) is 0 Å². The first-order chi connectivity index (χ1) is 7.67. The fourth-order valence-electron chi connectivity index (χ4n) is 1.91. The van der Waals surface area contributed by atoms with E-state index in [4.69, 9.17) is 5.73 Å². The van der Waals surface area contributed by atoms with Crippen LogP contribution in [-0.2, 0) is 6.42 Å². The Morgan fingerprint density at radius 2 is 2.25 bits per heavy atom. The summed E-state index contributed by atoms with van der Waals surface area (Å²) in [6.07, 6.45) is 2.31. The normalized spacial score (nSPS) is 10.6. The predicted octanol–water partition coefficient (Wildman–Crippen LogP) is 3.16. The molecule has 0 saturated carbocycles. The predicted molar refractivity (Wildman–Crippen MR) is 65.6 cm³/mol. The summed E-state index contributed by atoms with van der Waals surface area (Å²) < 4.78 is 13.6. The molecule has 1 aromatic heterocycles. The summed E-state index contributed by atoms with van der Waals surface area (Å²) >= 11 is 0. The van der Waals surface area contributed by atoms with Gasteiger partial charge in [-0.05, 0) is 30.2 Å². The maximum Gasteiger partial charge on any atom is 0.131 e. The molecule has 2 rings (SSSR count).